The average Bonchev–Trinajstić information content (AvgIpc) is 1.82. The Morgan fingerprint density at radius 3 is 2.67 bits per heavy atom. The van der Waals surface area contributed by atoms with E-state index in [9.17, 15) is 0 Å². The van der Waals surface area contributed by atoms with E-state index in [1.54, 1.807) is 0 Å². The molecule has 0 aliphatic carbocycles. The zero-order valence-corrected chi connectivity index (χ0v) is 9.16. The molecule has 2 nitrogen and oxygen atoms in total. The summed E-state index contributed by atoms with van der Waals surface area (Å²) in [5, 5.41) is 4.55. The molecule has 0 bridgehead atoms. The number of hydrogen-bond donors (Lipinski definition) is 1. The summed E-state index contributed by atoms with van der Waals surface area (Å²) in [7, 11) is 0. The van der Waals surface area contributed by atoms with Gasteiger partial charge in [-0.1, -0.05) is 11.8 Å². The maximum atomic E-state index is 4.50. The molecule has 0 aromatic heterocycles. The van der Waals surface area contributed by atoms with Crippen molar-refractivity contribution in [2.24, 2.45) is 4.99 Å². The molecular formula is C9H18N2S. The van der Waals surface area contributed by atoms with Crippen molar-refractivity contribution in [3.05, 3.63) is 0 Å². The average molecular weight is 186 g/mol. The van der Waals surface area contributed by atoms with Gasteiger partial charge in [-0.3, -0.25) is 4.99 Å². The number of nitrogens with one attached hydrogen (secondary N) is 1. The molecule has 1 saturated heterocycles. The molecule has 1 fully saturated rings. The van der Waals surface area contributed by atoms with E-state index in [1.165, 1.54) is 12.2 Å². The summed E-state index contributed by atoms with van der Waals surface area (Å²) in [4.78, 5) is 4.50. The highest BCUT2D eigenvalue weighted by molar-refractivity contribution is 8.13. The molecule has 0 aromatic carbocycles. The number of hydrogen-bond acceptors (Lipinski definition) is 2. The molecule has 3 heteroatoms. The summed E-state index contributed by atoms with van der Waals surface area (Å²) in [6, 6.07) is 0.397. The number of thioether (sulfide) groups is 1. The lowest BCUT2D eigenvalue weighted by Crippen LogP contribution is -2.46. The van der Waals surface area contributed by atoms with Crippen LogP contribution in [0.5, 0.6) is 0 Å². The Labute approximate surface area is 79.2 Å². The van der Waals surface area contributed by atoms with E-state index in [4.69, 9.17) is 0 Å². The molecule has 0 radical (unpaired) electrons. The molecule has 0 atom stereocenters. The van der Waals surface area contributed by atoms with Crippen molar-refractivity contribution in [3.8, 4) is 0 Å². The Bertz CT molecular complexity index is 185. The fourth-order valence-corrected chi connectivity index (χ4v) is 2.53. The lowest BCUT2D eigenvalue weighted by Gasteiger charge is -2.32. The molecule has 0 saturated carbocycles. The molecule has 1 rings (SSSR count). The third-order valence-corrected chi connectivity index (χ3v) is 2.68. The molecule has 1 aliphatic heterocycles. The van der Waals surface area contributed by atoms with Gasteiger partial charge < -0.3 is 5.32 Å². The van der Waals surface area contributed by atoms with E-state index < -0.39 is 0 Å². The van der Waals surface area contributed by atoms with Crippen molar-refractivity contribution >= 4 is 16.9 Å². The van der Waals surface area contributed by atoms with Crippen LogP contribution in [0.2, 0.25) is 0 Å². The van der Waals surface area contributed by atoms with Crippen LogP contribution in [0.4, 0.5) is 0 Å². The van der Waals surface area contributed by atoms with Gasteiger partial charge in [0.2, 0.25) is 0 Å². The van der Waals surface area contributed by atoms with E-state index in [1.807, 2.05) is 11.8 Å². The van der Waals surface area contributed by atoms with Crippen molar-refractivity contribution in [2.75, 3.05) is 5.75 Å². The molecule has 1 aliphatic rings. The van der Waals surface area contributed by atoms with Crippen LogP contribution in [-0.4, -0.2) is 22.5 Å². The molecule has 70 valence electrons. The van der Waals surface area contributed by atoms with Crippen LogP contribution in [0.25, 0.3) is 0 Å². The van der Waals surface area contributed by atoms with Gasteiger partial charge >= 0.3 is 0 Å². The molecule has 0 aromatic rings. The van der Waals surface area contributed by atoms with Crippen molar-refractivity contribution in [2.45, 2.75) is 45.7 Å². The van der Waals surface area contributed by atoms with Gasteiger partial charge in [-0.05, 0) is 34.1 Å². The SMILES string of the molecule is CC(C)N=C1NC(C)(C)CCS1. The Balaban J connectivity index is 2.58. The topological polar surface area (TPSA) is 24.4 Å². The molecular weight excluding hydrogens is 168 g/mol. The van der Waals surface area contributed by atoms with Crippen molar-refractivity contribution in [3.63, 3.8) is 0 Å². The summed E-state index contributed by atoms with van der Waals surface area (Å²) in [6.45, 7) is 8.67. The van der Waals surface area contributed by atoms with Crippen LogP contribution in [0, 0.1) is 0 Å². The van der Waals surface area contributed by atoms with Gasteiger partial charge in [0.25, 0.3) is 0 Å². The molecule has 1 N–H and O–H groups in total. The molecule has 0 unspecified atom stereocenters. The van der Waals surface area contributed by atoms with Gasteiger partial charge in [-0.2, -0.15) is 0 Å². The highest BCUT2D eigenvalue weighted by Gasteiger charge is 2.24. The third-order valence-electron chi connectivity index (χ3n) is 1.79. The monoisotopic (exact) mass is 186 g/mol. The summed E-state index contributed by atoms with van der Waals surface area (Å²) < 4.78 is 0. The second kappa shape index (κ2) is 3.69. The first-order valence-electron chi connectivity index (χ1n) is 4.48. The van der Waals surface area contributed by atoms with E-state index in [0.29, 0.717) is 6.04 Å². The van der Waals surface area contributed by atoms with Gasteiger partial charge in [0.1, 0.15) is 0 Å². The number of aliphatic imine (C=N–C) groups is 1. The van der Waals surface area contributed by atoms with Crippen molar-refractivity contribution in [1.29, 1.82) is 0 Å². The predicted octanol–water partition coefficient (Wildman–Crippen LogP) is 2.26. The lowest BCUT2D eigenvalue weighted by molar-refractivity contribution is 0.445. The Morgan fingerprint density at radius 2 is 2.17 bits per heavy atom. The van der Waals surface area contributed by atoms with Gasteiger partial charge in [0.15, 0.2) is 5.17 Å². The summed E-state index contributed by atoms with van der Waals surface area (Å²) in [6.07, 6.45) is 1.22. The summed E-state index contributed by atoms with van der Waals surface area (Å²) in [5.41, 5.74) is 0.235. The largest absolute Gasteiger partial charge is 0.360 e. The maximum absolute atomic E-state index is 4.50. The van der Waals surface area contributed by atoms with Gasteiger partial charge in [-0.25, -0.2) is 0 Å². The zero-order valence-electron chi connectivity index (χ0n) is 8.35. The highest BCUT2D eigenvalue weighted by Crippen LogP contribution is 2.21. The zero-order chi connectivity index (χ0) is 9.19. The van der Waals surface area contributed by atoms with Gasteiger partial charge in [0.05, 0.1) is 0 Å². The van der Waals surface area contributed by atoms with E-state index in [0.717, 1.165) is 5.17 Å². The summed E-state index contributed by atoms with van der Waals surface area (Å²) in [5.74, 6) is 1.19. The van der Waals surface area contributed by atoms with Gasteiger partial charge in [0, 0.05) is 17.3 Å². The van der Waals surface area contributed by atoms with E-state index in [2.05, 4.69) is 38.0 Å². The quantitative estimate of drug-likeness (QED) is 0.679. The molecule has 0 spiro atoms. The minimum Gasteiger partial charge on any atom is -0.360 e. The van der Waals surface area contributed by atoms with Crippen molar-refractivity contribution in [1.82, 2.24) is 5.32 Å². The van der Waals surface area contributed by atoms with Crippen LogP contribution in [0.15, 0.2) is 4.99 Å². The summed E-state index contributed by atoms with van der Waals surface area (Å²) >= 11 is 1.83. The molecule has 12 heavy (non-hydrogen) atoms. The number of nitrogens with zero attached hydrogens (tertiary/aromatic N) is 1. The standard InChI is InChI=1S/C9H18N2S/c1-7(2)10-8-11-9(3,4)5-6-12-8/h7H,5-6H2,1-4H3,(H,10,11). The number of rotatable bonds is 1. The lowest BCUT2D eigenvalue weighted by atomic mass is 10.0. The fraction of sp³-hybridized carbons (Fsp3) is 0.889. The van der Waals surface area contributed by atoms with E-state index >= 15 is 0 Å². The van der Waals surface area contributed by atoms with Crippen LogP contribution in [0.1, 0.15) is 34.1 Å². The third kappa shape index (κ3) is 3.05. The minimum absolute atomic E-state index is 0.235. The van der Waals surface area contributed by atoms with Gasteiger partial charge in [-0.15, -0.1) is 0 Å². The molecule has 1 heterocycles. The van der Waals surface area contributed by atoms with Crippen LogP contribution >= 0.6 is 11.8 Å². The Kier molecular flexibility index (Phi) is 3.04. The fourth-order valence-electron chi connectivity index (χ4n) is 1.09. The van der Waals surface area contributed by atoms with Crippen molar-refractivity contribution < 1.29 is 0 Å². The first kappa shape index (κ1) is 9.90. The van der Waals surface area contributed by atoms with Crippen LogP contribution in [-0.2, 0) is 0 Å². The van der Waals surface area contributed by atoms with E-state index in [-0.39, 0.29) is 5.54 Å². The number of amidine groups is 1. The smallest absolute Gasteiger partial charge is 0.157 e. The second-order valence-corrected chi connectivity index (χ2v) is 5.22. The molecule has 0 amide bonds. The Hall–Kier alpha value is -0.180. The first-order chi connectivity index (χ1) is 5.49. The first-order valence-corrected chi connectivity index (χ1v) is 5.47. The Morgan fingerprint density at radius 1 is 1.50 bits per heavy atom. The van der Waals surface area contributed by atoms with Crippen LogP contribution in [0.3, 0.4) is 0 Å². The minimum atomic E-state index is 0.235. The second-order valence-electron chi connectivity index (χ2n) is 4.14. The van der Waals surface area contributed by atoms with Crippen LogP contribution < -0.4 is 5.32 Å². The normalized spacial score (nSPS) is 25.9. The maximum Gasteiger partial charge on any atom is 0.157 e. The predicted molar refractivity (Wildman–Crippen MR) is 56.9 cm³/mol. The highest BCUT2D eigenvalue weighted by atomic mass is 32.2.